The summed E-state index contributed by atoms with van der Waals surface area (Å²) in [4.78, 5) is 10.0. The van der Waals surface area contributed by atoms with Gasteiger partial charge in [0.1, 0.15) is 0 Å². The molecule has 0 spiro atoms. The third-order valence-corrected chi connectivity index (χ3v) is 3.06. The van der Waals surface area contributed by atoms with E-state index in [2.05, 4.69) is 11.7 Å². The zero-order valence-electron chi connectivity index (χ0n) is 12.1. The predicted molar refractivity (Wildman–Crippen MR) is 74.0 cm³/mol. The van der Waals surface area contributed by atoms with Gasteiger partial charge in [0.2, 0.25) is 6.29 Å². The summed E-state index contributed by atoms with van der Waals surface area (Å²) in [5.41, 5.74) is 0. The number of carbonyl (C=O) groups excluding carboxylic acids is 1. The van der Waals surface area contributed by atoms with E-state index in [1.54, 1.807) is 0 Å². The number of hydrogen-bond acceptors (Lipinski definition) is 3. The lowest BCUT2D eigenvalue weighted by atomic mass is 10.1. The van der Waals surface area contributed by atoms with E-state index in [4.69, 9.17) is 4.74 Å². The quantitative estimate of drug-likeness (QED) is 0.343. The first-order valence-electron chi connectivity index (χ1n) is 7.49. The van der Waals surface area contributed by atoms with Crippen LogP contribution in [0, 0.1) is 0 Å². The number of hydrogen-bond donors (Lipinski definition) is 0. The van der Waals surface area contributed by atoms with E-state index in [9.17, 15) is 4.79 Å². The highest BCUT2D eigenvalue weighted by atomic mass is 16.7. The fourth-order valence-electron chi connectivity index (χ4n) is 1.92. The average Bonchev–Trinajstić information content (AvgIpc) is 2.39. The van der Waals surface area contributed by atoms with Gasteiger partial charge < -0.3 is 9.47 Å². The smallest absolute Gasteiger partial charge is 0.419 e. The molecule has 3 nitrogen and oxygen atoms in total. The van der Waals surface area contributed by atoms with Crippen LogP contribution in [-0.4, -0.2) is 19.4 Å². The Labute approximate surface area is 112 Å². The van der Waals surface area contributed by atoms with Crippen LogP contribution in [0.1, 0.15) is 78.1 Å². The second kappa shape index (κ2) is 14.5. The first-order chi connectivity index (χ1) is 8.85. The van der Waals surface area contributed by atoms with Crippen LogP contribution in [-0.2, 0) is 14.3 Å². The zero-order valence-corrected chi connectivity index (χ0v) is 12.1. The molecule has 0 bridgehead atoms. The van der Waals surface area contributed by atoms with Crippen molar-refractivity contribution in [1.29, 1.82) is 0 Å². The monoisotopic (exact) mass is 257 g/mol. The van der Waals surface area contributed by atoms with Crippen LogP contribution in [0.15, 0.2) is 0 Å². The third kappa shape index (κ3) is 11.9. The van der Waals surface area contributed by atoms with Gasteiger partial charge in [-0.2, -0.15) is 0 Å². The molecule has 3 heteroatoms. The van der Waals surface area contributed by atoms with Gasteiger partial charge in [0.05, 0.1) is 6.61 Å². The molecular weight excluding hydrogens is 228 g/mol. The van der Waals surface area contributed by atoms with Crippen molar-refractivity contribution >= 4 is 6.47 Å². The lowest BCUT2D eigenvalue weighted by molar-refractivity contribution is -0.0914. The average molecular weight is 257 g/mol. The molecule has 1 unspecified atom stereocenters. The van der Waals surface area contributed by atoms with Crippen molar-refractivity contribution in [3.05, 3.63) is 0 Å². The summed E-state index contributed by atoms with van der Waals surface area (Å²) >= 11 is 0. The van der Waals surface area contributed by atoms with Crippen molar-refractivity contribution in [2.75, 3.05) is 6.61 Å². The molecule has 1 radical (unpaired) electrons. The molecule has 0 aromatic carbocycles. The molecule has 0 aliphatic rings. The van der Waals surface area contributed by atoms with Crippen molar-refractivity contribution in [3.8, 4) is 0 Å². The highest BCUT2D eigenvalue weighted by molar-refractivity contribution is 5.38. The highest BCUT2D eigenvalue weighted by Gasteiger charge is 2.05. The molecule has 0 N–H and O–H groups in total. The Bertz CT molecular complexity index is 171. The molecule has 0 fully saturated rings. The Morgan fingerprint density at radius 3 is 1.94 bits per heavy atom. The number of unbranched alkanes of at least 4 members (excludes halogenated alkanes) is 8. The Morgan fingerprint density at radius 2 is 1.44 bits per heavy atom. The lowest BCUT2D eigenvalue weighted by Gasteiger charge is -2.12. The highest BCUT2D eigenvalue weighted by Crippen LogP contribution is 2.10. The molecule has 0 amide bonds. The van der Waals surface area contributed by atoms with Gasteiger partial charge in [-0.15, -0.1) is 0 Å². The third-order valence-electron chi connectivity index (χ3n) is 3.06. The van der Waals surface area contributed by atoms with Crippen molar-refractivity contribution in [2.24, 2.45) is 0 Å². The molecule has 0 aliphatic heterocycles. The van der Waals surface area contributed by atoms with Crippen molar-refractivity contribution < 1.29 is 14.3 Å². The second-order valence-corrected chi connectivity index (χ2v) is 4.74. The standard InChI is InChI=1S/C15H29O3/c1-3-5-6-7-8-9-10-11-12-13-17-15(4-2)18-14-16/h15H,3-13H2,1-2H3. The Morgan fingerprint density at radius 1 is 0.889 bits per heavy atom. The van der Waals surface area contributed by atoms with Crippen LogP contribution < -0.4 is 0 Å². The van der Waals surface area contributed by atoms with Gasteiger partial charge >= 0.3 is 6.47 Å². The number of rotatable bonds is 14. The van der Waals surface area contributed by atoms with Crippen LogP contribution >= 0.6 is 0 Å². The first kappa shape index (κ1) is 17.4. The molecule has 0 rings (SSSR count). The maximum atomic E-state index is 10.0. The summed E-state index contributed by atoms with van der Waals surface area (Å²) in [6, 6.07) is 0. The fourth-order valence-corrected chi connectivity index (χ4v) is 1.92. The topological polar surface area (TPSA) is 35.5 Å². The molecular formula is C15H29O3. The molecule has 0 aromatic heterocycles. The Hall–Kier alpha value is -0.570. The van der Waals surface area contributed by atoms with Crippen molar-refractivity contribution in [1.82, 2.24) is 0 Å². The minimum atomic E-state index is -0.406. The summed E-state index contributed by atoms with van der Waals surface area (Å²) in [5.74, 6) is 0. The molecule has 18 heavy (non-hydrogen) atoms. The number of ether oxygens (including phenoxy) is 2. The molecule has 0 heterocycles. The summed E-state index contributed by atoms with van der Waals surface area (Å²) in [7, 11) is 0. The normalized spacial score (nSPS) is 12.3. The van der Waals surface area contributed by atoms with Gasteiger partial charge in [0.15, 0.2) is 0 Å². The van der Waals surface area contributed by atoms with Crippen LogP contribution in [0.25, 0.3) is 0 Å². The Balaban J connectivity index is 3.12. The van der Waals surface area contributed by atoms with Gasteiger partial charge in [0.25, 0.3) is 0 Å². The first-order valence-corrected chi connectivity index (χ1v) is 7.49. The summed E-state index contributed by atoms with van der Waals surface area (Å²) in [6.07, 6.45) is 12.0. The maximum Gasteiger partial charge on any atom is 0.419 e. The van der Waals surface area contributed by atoms with Crippen LogP contribution in [0.2, 0.25) is 0 Å². The van der Waals surface area contributed by atoms with Crippen LogP contribution in [0.5, 0.6) is 0 Å². The minimum absolute atomic E-state index is 0.406. The maximum absolute atomic E-state index is 10.0. The zero-order chi connectivity index (χ0) is 13.5. The summed E-state index contributed by atoms with van der Waals surface area (Å²) in [6.45, 7) is 6.28. The molecule has 0 aromatic rings. The van der Waals surface area contributed by atoms with Crippen molar-refractivity contribution in [2.45, 2.75) is 84.3 Å². The minimum Gasteiger partial charge on any atom is -0.427 e. The van der Waals surface area contributed by atoms with E-state index in [0.29, 0.717) is 13.0 Å². The molecule has 0 saturated carbocycles. The second-order valence-electron chi connectivity index (χ2n) is 4.74. The summed E-state index contributed by atoms with van der Waals surface area (Å²) in [5, 5.41) is 0. The summed E-state index contributed by atoms with van der Waals surface area (Å²) < 4.78 is 10.1. The molecule has 1 atom stereocenters. The van der Waals surface area contributed by atoms with Crippen molar-refractivity contribution in [3.63, 3.8) is 0 Å². The lowest BCUT2D eigenvalue weighted by Crippen LogP contribution is -2.15. The van der Waals surface area contributed by atoms with Crippen LogP contribution in [0.3, 0.4) is 0 Å². The van der Waals surface area contributed by atoms with E-state index in [1.807, 2.05) is 6.92 Å². The van der Waals surface area contributed by atoms with Gasteiger partial charge in [0, 0.05) is 6.42 Å². The van der Waals surface area contributed by atoms with E-state index < -0.39 is 6.29 Å². The predicted octanol–water partition coefficient (Wildman–Crippen LogP) is 4.35. The van der Waals surface area contributed by atoms with E-state index in [1.165, 1.54) is 57.8 Å². The van der Waals surface area contributed by atoms with Gasteiger partial charge in [-0.1, -0.05) is 65.2 Å². The van der Waals surface area contributed by atoms with E-state index >= 15 is 0 Å². The SMILES string of the molecule is CCCCCCCCCCCOC(CC)O[C]=O. The van der Waals surface area contributed by atoms with Crippen LogP contribution in [0.4, 0.5) is 0 Å². The molecule has 107 valence electrons. The largest absolute Gasteiger partial charge is 0.427 e. The molecule has 0 saturated heterocycles. The van der Waals surface area contributed by atoms with E-state index in [-0.39, 0.29) is 0 Å². The van der Waals surface area contributed by atoms with Gasteiger partial charge in [-0.05, 0) is 6.42 Å². The van der Waals surface area contributed by atoms with Gasteiger partial charge in [-0.3, -0.25) is 0 Å². The Kier molecular flexibility index (Phi) is 14.0. The van der Waals surface area contributed by atoms with Gasteiger partial charge in [-0.25, -0.2) is 4.79 Å². The van der Waals surface area contributed by atoms with E-state index in [0.717, 1.165) is 6.42 Å². The fraction of sp³-hybridized carbons (Fsp3) is 0.933. The molecule has 0 aliphatic carbocycles.